The summed E-state index contributed by atoms with van der Waals surface area (Å²) in [4.78, 5) is 13.4. The monoisotopic (exact) mass is 349 g/mol. The number of methoxy groups -OCH3 is 1. The molecule has 2 heterocycles. The molecular weight excluding hydrogens is 334 g/mol. The third kappa shape index (κ3) is 2.81. The molecule has 0 bridgehead atoms. The maximum atomic E-state index is 12.8. The summed E-state index contributed by atoms with van der Waals surface area (Å²) < 4.78 is 7.42. The van der Waals surface area contributed by atoms with E-state index in [2.05, 4.69) is 10.2 Å². The molecule has 0 radical (unpaired) electrons. The van der Waals surface area contributed by atoms with E-state index in [9.17, 15) is 4.79 Å². The first-order chi connectivity index (χ1) is 12.2. The number of fused-ring (bicyclic) bond motifs is 1. The number of aryl methyl sites for hydroxylation is 1. The highest BCUT2D eigenvalue weighted by Gasteiger charge is 2.13. The van der Waals surface area contributed by atoms with E-state index >= 15 is 0 Å². The summed E-state index contributed by atoms with van der Waals surface area (Å²) in [6.07, 6.45) is 1.85. The van der Waals surface area contributed by atoms with Gasteiger partial charge in [-0.1, -0.05) is 53.3 Å². The summed E-state index contributed by atoms with van der Waals surface area (Å²) in [7, 11) is 1.62. The van der Waals surface area contributed by atoms with Crippen LogP contribution in [0.5, 0.6) is 5.75 Å². The van der Waals surface area contributed by atoms with Crippen molar-refractivity contribution < 1.29 is 4.74 Å². The van der Waals surface area contributed by atoms with Crippen molar-refractivity contribution in [3.05, 3.63) is 74.5 Å². The van der Waals surface area contributed by atoms with Crippen LogP contribution in [0.25, 0.3) is 22.4 Å². The van der Waals surface area contributed by atoms with Gasteiger partial charge in [-0.25, -0.2) is 4.40 Å². The van der Waals surface area contributed by atoms with Gasteiger partial charge in [0, 0.05) is 5.56 Å². The van der Waals surface area contributed by atoms with Crippen LogP contribution >= 0.6 is 11.3 Å². The van der Waals surface area contributed by atoms with Crippen molar-refractivity contribution in [3.63, 3.8) is 0 Å². The Hall–Kier alpha value is -2.99. The van der Waals surface area contributed by atoms with Gasteiger partial charge < -0.3 is 4.74 Å². The molecule has 0 aliphatic rings. The molecule has 0 saturated heterocycles. The second-order valence-electron chi connectivity index (χ2n) is 5.70. The van der Waals surface area contributed by atoms with E-state index in [0.29, 0.717) is 15.3 Å². The van der Waals surface area contributed by atoms with E-state index in [1.165, 1.54) is 11.3 Å². The zero-order chi connectivity index (χ0) is 17.4. The second-order valence-corrected chi connectivity index (χ2v) is 6.71. The van der Waals surface area contributed by atoms with Gasteiger partial charge in [0.1, 0.15) is 5.75 Å². The van der Waals surface area contributed by atoms with Crippen LogP contribution < -0.4 is 14.8 Å². The van der Waals surface area contributed by atoms with Gasteiger partial charge in [-0.3, -0.25) is 4.79 Å². The van der Waals surface area contributed by atoms with Crippen molar-refractivity contribution in [2.24, 2.45) is 0 Å². The molecule has 2 aromatic heterocycles. The lowest BCUT2D eigenvalue weighted by Gasteiger charge is -1.99. The van der Waals surface area contributed by atoms with Crippen molar-refractivity contribution >= 4 is 22.4 Å². The first kappa shape index (κ1) is 15.5. The molecule has 5 nitrogen and oxygen atoms in total. The number of ether oxygens (including phenoxy) is 1. The number of benzene rings is 2. The van der Waals surface area contributed by atoms with Crippen LogP contribution in [0.4, 0.5) is 0 Å². The summed E-state index contributed by atoms with van der Waals surface area (Å²) in [5.74, 6) is 1.33. The Balaban J connectivity index is 1.87. The van der Waals surface area contributed by atoms with Crippen LogP contribution in [0, 0.1) is 6.92 Å². The quantitative estimate of drug-likeness (QED) is 0.571. The molecule has 6 heteroatoms. The normalized spacial score (nSPS) is 12.0. The van der Waals surface area contributed by atoms with Gasteiger partial charge in [0.2, 0.25) is 4.96 Å². The van der Waals surface area contributed by atoms with E-state index in [1.54, 1.807) is 11.5 Å². The summed E-state index contributed by atoms with van der Waals surface area (Å²) >= 11 is 1.33. The summed E-state index contributed by atoms with van der Waals surface area (Å²) in [6.45, 7) is 2.02. The zero-order valence-corrected chi connectivity index (χ0v) is 14.6. The third-order valence-corrected chi connectivity index (χ3v) is 4.91. The average Bonchev–Trinajstić information content (AvgIpc) is 3.17. The van der Waals surface area contributed by atoms with Crippen LogP contribution in [0.2, 0.25) is 0 Å². The molecule has 0 aliphatic carbocycles. The Labute approximate surface area is 147 Å². The molecule has 0 saturated carbocycles. The highest BCUT2D eigenvalue weighted by atomic mass is 32.1. The fourth-order valence-corrected chi connectivity index (χ4v) is 3.55. The number of hydrogen-bond donors (Lipinski definition) is 0. The highest BCUT2D eigenvalue weighted by Crippen LogP contribution is 2.18. The minimum absolute atomic E-state index is 0.108. The van der Waals surface area contributed by atoms with E-state index < -0.39 is 0 Å². The lowest BCUT2D eigenvalue weighted by atomic mass is 10.1. The van der Waals surface area contributed by atoms with E-state index in [1.807, 2.05) is 61.5 Å². The number of rotatable bonds is 3. The predicted molar refractivity (Wildman–Crippen MR) is 99.1 cm³/mol. The van der Waals surface area contributed by atoms with Crippen LogP contribution in [0.3, 0.4) is 0 Å². The topological polar surface area (TPSA) is 56.5 Å². The van der Waals surface area contributed by atoms with Crippen LogP contribution in [0.15, 0.2) is 53.3 Å². The molecule has 0 atom stereocenters. The smallest absolute Gasteiger partial charge is 0.276 e. The van der Waals surface area contributed by atoms with Gasteiger partial charge in [0.25, 0.3) is 5.56 Å². The van der Waals surface area contributed by atoms with Crippen molar-refractivity contribution in [1.29, 1.82) is 0 Å². The summed E-state index contributed by atoms with van der Waals surface area (Å²) in [5.41, 5.74) is 2.83. The number of hydrogen-bond acceptors (Lipinski definition) is 5. The van der Waals surface area contributed by atoms with Crippen LogP contribution in [0.1, 0.15) is 11.1 Å². The summed E-state index contributed by atoms with van der Waals surface area (Å²) in [5, 5.41) is 8.34. The maximum absolute atomic E-state index is 12.8. The van der Waals surface area contributed by atoms with Gasteiger partial charge in [-0.15, -0.1) is 10.2 Å². The largest absolute Gasteiger partial charge is 0.497 e. The standard InChI is InChI=1S/C19H15N3O2S/c1-12-6-8-14(9-7-12)17-20-21-19-22(17)18(23)16(25-19)11-13-4-3-5-15(10-13)24-2/h3-11H,1-2H3. The summed E-state index contributed by atoms with van der Waals surface area (Å²) in [6, 6.07) is 15.5. The zero-order valence-electron chi connectivity index (χ0n) is 13.8. The van der Waals surface area contributed by atoms with E-state index in [-0.39, 0.29) is 5.56 Å². The molecule has 2 aromatic carbocycles. The molecule has 4 rings (SSSR count). The molecule has 25 heavy (non-hydrogen) atoms. The minimum Gasteiger partial charge on any atom is -0.497 e. The van der Waals surface area contributed by atoms with Crippen LogP contribution in [-0.4, -0.2) is 21.7 Å². The van der Waals surface area contributed by atoms with E-state index in [0.717, 1.165) is 22.4 Å². The third-order valence-electron chi connectivity index (χ3n) is 3.95. The van der Waals surface area contributed by atoms with Gasteiger partial charge in [-0.05, 0) is 30.7 Å². The minimum atomic E-state index is -0.108. The Morgan fingerprint density at radius 2 is 1.92 bits per heavy atom. The first-order valence-electron chi connectivity index (χ1n) is 7.76. The predicted octanol–water partition coefficient (Wildman–Crippen LogP) is 2.68. The molecule has 0 N–H and O–H groups in total. The number of nitrogens with zero attached hydrogens (tertiary/aromatic N) is 3. The van der Waals surface area contributed by atoms with Crippen molar-refractivity contribution in [1.82, 2.24) is 14.6 Å². The van der Waals surface area contributed by atoms with Crippen molar-refractivity contribution in [2.75, 3.05) is 7.11 Å². The Bertz CT molecular complexity index is 1160. The number of aromatic nitrogens is 3. The molecule has 0 unspecified atom stereocenters. The fraction of sp³-hybridized carbons (Fsp3) is 0.105. The number of thiazole rings is 1. The second kappa shape index (κ2) is 6.14. The van der Waals surface area contributed by atoms with Gasteiger partial charge in [-0.2, -0.15) is 0 Å². The molecule has 0 aliphatic heterocycles. The molecule has 0 fully saturated rings. The van der Waals surface area contributed by atoms with Crippen LogP contribution in [-0.2, 0) is 0 Å². The van der Waals surface area contributed by atoms with Gasteiger partial charge >= 0.3 is 0 Å². The maximum Gasteiger partial charge on any atom is 0.276 e. The molecule has 0 amide bonds. The lowest BCUT2D eigenvalue weighted by Crippen LogP contribution is -2.23. The molecular formula is C19H15N3O2S. The SMILES string of the molecule is COc1cccc(C=c2sc3nnc(-c4ccc(C)cc4)n3c2=O)c1. The molecule has 124 valence electrons. The molecule has 0 spiro atoms. The van der Waals surface area contributed by atoms with E-state index in [4.69, 9.17) is 4.74 Å². The first-order valence-corrected chi connectivity index (χ1v) is 8.58. The van der Waals surface area contributed by atoms with Crippen molar-refractivity contribution in [2.45, 2.75) is 6.92 Å². The highest BCUT2D eigenvalue weighted by molar-refractivity contribution is 7.15. The Kier molecular flexibility index (Phi) is 3.82. The van der Waals surface area contributed by atoms with Crippen molar-refractivity contribution in [3.8, 4) is 17.1 Å². The van der Waals surface area contributed by atoms with Gasteiger partial charge in [0.15, 0.2) is 5.82 Å². The molecule has 4 aromatic rings. The lowest BCUT2D eigenvalue weighted by molar-refractivity contribution is 0.414. The Morgan fingerprint density at radius 1 is 1.12 bits per heavy atom. The fourth-order valence-electron chi connectivity index (χ4n) is 2.63. The average molecular weight is 349 g/mol. The Morgan fingerprint density at radius 3 is 2.68 bits per heavy atom. The van der Waals surface area contributed by atoms with Gasteiger partial charge in [0.05, 0.1) is 11.6 Å².